The van der Waals surface area contributed by atoms with Crippen molar-refractivity contribution in [3.63, 3.8) is 0 Å². The number of aromatic amines is 2. The van der Waals surface area contributed by atoms with E-state index in [1.165, 1.54) is 23.3 Å². The van der Waals surface area contributed by atoms with Crippen LogP contribution in [0.2, 0.25) is 0 Å². The Morgan fingerprint density at radius 3 is 2.48 bits per heavy atom. The van der Waals surface area contributed by atoms with Gasteiger partial charge >= 0.3 is 0 Å². The second-order valence-electron chi connectivity index (χ2n) is 20.1. The monoisotopic (exact) mass is 1070 g/mol. The average molecular weight is 1070 g/mol. The Morgan fingerprint density at radius 1 is 0.759 bits per heavy atom. The highest BCUT2D eigenvalue weighted by atomic mass is 32.1. The van der Waals surface area contributed by atoms with E-state index in [2.05, 4.69) is 85.1 Å². The minimum absolute atomic E-state index is 0.0725. The van der Waals surface area contributed by atoms with Crippen molar-refractivity contribution in [3.8, 4) is 54.9 Å². The molecule has 0 spiro atoms. The molecule has 0 bridgehead atoms. The van der Waals surface area contributed by atoms with Gasteiger partial charge in [-0.15, -0.1) is 22.7 Å². The molecule has 14 heterocycles. The molecule has 0 saturated carbocycles. The van der Waals surface area contributed by atoms with Crippen molar-refractivity contribution in [2.75, 3.05) is 23.7 Å². The fourth-order valence-corrected chi connectivity index (χ4v) is 12.9. The molecule has 5 N–H and O–H groups in total. The van der Waals surface area contributed by atoms with Crippen LogP contribution in [0.5, 0.6) is 0 Å². The van der Waals surface area contributed by atoms with Crippen LogP contribution in [0.25, 0.3) is 82.5 Å². The lowest BCUT2D eigenvalue weighted by Gasteiger charge is -2.18. The summed E-state index contributed by atoms with van der Waals surface area (Å²) in [4.78, 5) is 68.1. The quantitative estimate of drug-likeness (QED) is 0.0763. The smallest absolute Gasteiger partial charge is 0.255 e. The molecule has 10 aromatic heterocycles. The van der Waals surface area contributed by atoms with Gasteiger partial charge in [0, 0.05) is 97.3 Å². The average Bonchev–Trinajstić information content (AvgIpc) is 3.90. The SMILES string of the molecule is Cc1ccc(-c2nccc3[nH]c(C4=NC=NCc5c4cc(-c4cncc(NC(=O)c6ccccc6)c4)nc5-c4cc(-c5nccc6c5C5NC5=C(c5n[nH]c7cnc(-c8cncc(CN9CCCC9)c8)cc57)N6)sc4C)nc23)s1. The van der Waals surface area contributed by atoms with Crippen LogP contribution < -0.4 is 16.0 Å². The maximum Gasteiger partial charge on any atom is 0.255 e. The summed E-state index contributed by atoms with van der Waals surface area (Å²) in [6.07, 6.45) is 16.9. The van der Waals surface area contributed by atoms with Gasteiger partial charge in [0.1, 0.15) is 29.0 Å². The number of anilines is 2. The van der Waals surface area contributed by atoms with Gasteiger partial charge in [-0.05, 0) is 112 Å². The Hall–Kier alpha value is -9.43. The molecular weight excluding hydrogens is 1020 g/mol. The largest absolute Gasteiger partial charge is 0.372 e. The van der Waals surface area contributed by atoms with E-state index in [0.29, 0.717) is 40.6 Å². The number of H-pyrrole nitrogens is 2. The lowest BCUT2D eigenvalue weighted by atomic mass is 9.95. The van der Waals surface area contributed by atoms with Crippen molar-refractivity contribution in [2.45, 2.75) is 45.8 Å². The van der Waals surface area contributed by atoms with E-state index in [1.54, 1.807) is 59.7 Å². The molecule has 4 aliphatic rings. The van der Waals surface area contributed by atoms with E-state index >= 15 is 0 Å². The van der Waals surface area contributed by atoms with Crippen molar-refractivity contribution in [3.05, 3.63) is 183 Å². The summed E-state index contributed by atoms with van der Waals surface area (Å²) in [6.45, 7) is 7.66. The van der Waals surface area contributed by atoms with Crippen LogP contribution in [0.15, 0.2) is 144 Å². The number of hydrogen-bond donors (Lipinski definition) is 5. The minimum atomic E-state index is -0.240. The fourth-order valence-electron chi connectivity index (χ4n) is 11.1. The molecule has 0 aliphatic carbocycles. The van der Waals surface area contributed by atoms with Gasteiger partial charge in [-0.3, -0.25) is 44.7 Å². The minimum Gasteiger partial charge on any atom is -0.372 e. The number of carbonyl (C=O) groups is 1. The first-order chi connectivity index (χ1) is 38.8. The van der Waals surface area contributed by atoms with Crippen molar-refractivity contribution in [1.82, 2.24) is 60.3 Å². The van der Waals surface area contributed by atoms with Gasteiger partial charge in [0.25, 0.3) is 5.91 Å². The first-order valence-corrected chi connectivity index (χ1v) is 27.7. The number of carbonyl (C=O) groups excluding carboxylic acids is 1. The van der Waals surface area contributed by atoms with Crippen LogP contribution >= 0.6 is 22.7 Å². The van der Waals surface area contributed by atoms with Crippen molar-refractivity contribution >= 4 is 79.6 Å². The van der Waals surface area contributed by atoms with Crippen LogP contribution in [0, 0.1) is 13.8 Å². The number of pyridine rings is 6. The van der Waals surface area contributed by atoms with E-state index in [9.17, 15) is 4.79 Å². The standard InChI is InChI=1S/C60H46N16OS2/c1-31-10-11-47(78-31)55-53-43(13-15-65-55)71-59(73-53)52-39-20-45(36-19-37(26-62-25-36)68-60(77)34-8-4-3-5-9-34)70-50(41(39)27-63-30-67-52)38-22-48(79-32(38)2)54-49-42(12-14-64-54)69-57(58-56(49)72-58)51-40-21-44(66-28-46(40)74-75-51)35-18-33(23-61-24-35)29-76-16-6-7-17-76/h3-5,8-15,18-26,28,30,56,69,72H,6-7,16-17,27,29H2,1-2H3,(H,68,77)(H,71,73)(H,74,75). The van der Waals surface area contributed by atoms with E-state index in [4.69, 9.17) is 40.0 Å². The highest BCUT2D eigenvalue weighted by Gasteiger charge is 2.43. The van der Waals surface area contributed by atoms with E-state index in [0.717, 1.165) is 130 Å². The summed E-state index contributed by atoms with van der Waals surface area (Å²) in [5.74, 6) is 0.332. The number of rotatable bonds is 11. The molecule has 1 amide bonds. The number of likely N-dealkylation sites (tertiary alicyclic amines) is 1. The number of imidazole rings is 1. The lowest BCUT2D eigenvalue weighted by Crippen LogP contribution is -2.18. The van der Waals surface area contributed by atoms with Gasteiger partial charge < -0.3 is 20.9 Å². The molecule has 0 radical (unpaired) electrons. The molecule has 2 fully saturated rings. The number of aryl methyl sites for hydroxylation is 2. The first kappa shape index (κ1) is 46.8. The van der Waals surface area contributed by atoms with Crippen molar-refractivity contribution in [2.24, 2.45) is 9.98 Å². The summed E-state index contributed by atoms with van der Waals surface area (Å²) in [6, 6.07) is 27.6. The maximum absolute atomic E-state index is 13.4. The summed E-state index contributed by atoms with van der Waals surface area (Å²) in [5, 5.41) is 19.6. The Labute approximate surface area is 459 Å². The molecule has 11 aromatic rings. The third-order valence-corrected chi connectivity index (χ3v) is 17.0. The third-order valence-electron chi connectivity index (χ3n) is 14.9. The fraction of sp³-hybridized carbons (Fsp3) is 0.150. The summed E-state index contributed by atoms with van der Waals surface area (Å²) in [5.41, 5.74) is 18.3. The van der Waals surface area contributed by atoms with Gasteiger partial charge in [-0.25, -0.2) is 15.0 Å². The van der Waals surface area contributed by atoms with Gasteiger partial charge in [-0.1, -0.05) is 18.2 Å². The highest BCUT2D eigenvalue weighted by Crippen LogP contribution is 2.52. The van der Waals surface area contributed by atoms with Gasteiger partial charge in [-0.2, -0.15) is 5.10 Å². The van der Waals surface area contributed by atoms with Crippen LogP contribution in [0.1, 0.15) is 72.8 Å². The molecular formula is C60H46N16OS2. The number of thiophene rings is 2. The van der Waals surface area contributed by atoms with Crippen LogP contribution in [0.3, 0.4) is 0 Å². The summed E-state index contributed by atoms with van der Waals surface area (Å²) in [7, 11) is 0. The molecule has 79 heavy (non-hydrogen) atoms. The topological polar surface area (TPSA) is 226 Å². The highest BCUT2D eigenvalue weighted by molar-refractivity contribution is 7.16. The second kappa shape index (κ2) is 18.9. The van der Waals surface area contributed by atoms with E-state index < -0.39 is 0 Å². The molecule has 1 unspecified atom stereocenters. The van der Waals surface area contributed by atoms with Crippen LogP contribution in [-0.4, -0.2) is 86.0 Å². The Bertz CT molecular complexity index is 4390. The predicted octanol–water partition coefficient (Wildman–Crippen LogP) is 11.6. The Morgan fingerprint density at radius 2 is 1.61 bits per heavy atom. The summed E-state index contributed by atoms with van der Waals surface area (Å²) < 4.78 is 0. The number of fused-ring (bicyclic) bond motifs is 6. The van der Waals surface area contributed by atoms with Crippen molar-refractivity contribution < 1.29 is 4.79 Å². The number of nitrogens with zero attached hydrogens (tertiary/aromatic N) is 11. The number of benzene rings is 1. The lowest BCUT2D eigenvalue weighted by molar-refractivity contribution is 0.102. The van der Waals surface area contributed by atoms with E-state index in [1.807, 2.05) is 67.3 Å². The molecule has 19 heteroatoms. The zero-order chi connectivity index (χ0) is 52.7. The zero-order valence-electron chi connectivity index (χ0n) is 42.7. The predicted molar refractivity (Wildman–Crippen MR) is 311 cm³/mol. The van der Waals surface area contributed by atoms with Crippen LogP contribution in [0.4, 0.5) is 11.4 Å². The molecule has 384 valence electrons. The van der Waals surface area contributed by atoms with Gasteiger partial charge in [0.2, 0.25) is 0 Å². The van der Waals surface area contributed by atoms with E-state index in [-0.39, 0.29) is 11.9 Å². The van der Waals surface area contributed by atoms with Crippen LogP contribution in [-0.2, 0) is 13.1 Å². The number of aromatic nitrogens is 10. The van der Waals surface area contributed by atoms with Gasteiger partial charge in [0.15, 0.2) is 5.82 Å². The van der Waals surface area contributed by atoms with Crippen molar-refractivity contribution in [1.29, 1.82) is 0 Å². The Balaban J connectivity index is 0.803. The normalized spacial score (nSPS) is 15.6. The molecule has 2 saturated heterocycles. The molecule has 17 nitrogen and oxygen atoms in total. The molecule has 1 atom stereocenters. The Kier molecular flexibility index (Phi) is 11.2. The second-order valence-corrected chi connectivity index (χ2v) is 22.6. The number of hydrogen-bond acceptors (Lipinski definition) is 16. The first-order valence-electron chi connectivity index (χ1n) is 26.1. The zero-order valence-corrected chi connectivity index (χ0v) is 44.3. The summed E-state index contributed by atoms with van der Waals surface area (Å²) >= 11 is 3.35. The molecule has 1 aromatic carbocycles. The number of nitrogens with one attached hydrogen (secondary N) is 5. The number of amides is 1. The maximum atomic E-state index is 13.4. The molecule has 15 rings (SSSR count). The van der Waals surface area contributed by atoms with Gasteiger partial charge in [0.05, 0.1) is 85.6 Å². The number of aliphatic imine (C=N–C) groups is 2. The third kappa shape index (κ3) is 8.46. The molecule has 4 aliphatic heterocycles.